The summed E-state index contributed by atoms with van der Waals surface area (Å²) in [7, 11) is 0. The number of aromatic carboxylic acids is 1. The second-order valence-corrected chi connectivity index (χ2v) is 6.42. The number of nitrogens with zero attached hydrogens (tertiary/aromatic N) is 1. The molecule has 0 spiro atoms. The molecule has 1 aliphatic rings. The number of carboxylic acids is 1. The molecule has 2 atom stereocenters. The summed E-state index contributed by atoms with van der Waals surface area (Å²) in [6, 6.07) is 12.6. The maximum Gasteiger partial charge on any atom is 0.335 e. The second-order valence-electron chi connectivity index (χ2n) is 6.42. The first-order chi connectivity index (χ1) is 12.4. The van der Waals surface area contributed by atoms with Crippen molar-refractivity contribution in [2.75, 3.05) is 13.1 Å². The fraction of sp³-hybridized carbons (Fsp3) is 0.300. The third-order valence-electron chi connectivity index (χ3n) is 4.44. The summed E-state index contributed by atoms with van der Waals surface area (Å²) < 4.78 is 19.0. The molecule has 6 heteroatoms. The van der Waals surface area contributed by atoms with Crippen LogP contribution < -0.4 is 0 Å². The van der Waals surface area contributed by atoms with Gasteiger partial charge in [-0.2, -0.15) is 0 Å². The Kier molecular flexibility index (Phi) is 5.32. The smallest absolute Gasteiger partial charge is 0.335 e. The summed E-state index contributed by atoms with van der Waals surface area (Å²) in [4.78, 5) is 25.7. The molecular weight excluding hydrogens is 337 g/mol. The Morgan fingerprint density at radius 3 is 2.54 bits per heavy atom. The Balaban J connectivity index is 1.75. The molecule has 1 saturated heterocycles. The standard InChI is InChI=1S/C20H20FNO4/c1-13-11-22(12-18(26-13)14-6-8-16(21)9-7-14)19(23)10-15-4-2-3-5-17(15)20(24)25/h2-9,13,18H,10-12H2,1H3,(H,24,25). The topological polar surface area (TPSA) is 66.8 Å². The van der Waals surface area contributed by atoms with Crippen LogP contribution in [0.25, 0.3) is 0 Å². The number of rotatable bonds is 4. The molecule has 0 aliphatic carbocycles. The van der Waals surface area contributed by atoms with E-state index in [0.29, 0.717) is 18.7 Å². The quantitative estimate of drug-likeness (QED) is 0.913. The van der Waals surface area contributed by atoms with E-state index in [1.165, 1.54) is 18.2 Å². The Bertz CT molecular complexity index is 806. The lowest BCUT2D eigenvalue weighted by molar-refractivity contribution is -0.144. The van der Waals surface area contributed by atoms with Gasteiger partial charge in [0.25, 0.3) is 0 Å². The highest BCUT2D eigenvalue weighted by Crippen LogP contribution is 2.26. The van der Waals surface area contributed by atoms with Crippen molar-refractivity contribution in [3.8, 4) is 0 Å². The fourth-order valence-electron chi connectivity index (χ4n) is 3.17. The molecule has 2 aromatic rings. The zero-order valence-electron chi connectivity index (χ0n) is 14.4. The van der Waals surface area contributed by atoms with Crippen LogP contribution in [0.2, 0.25) is 0 Å². The minimum absolute atomic E-state index is 0.0192. The summed E-state index contributed by atoms with van der Waals surface area (Å²) >= 11 is 0. The van der Waals surface area contributed by atoms with Gasteiger partial charge in [-0.15, -0.1) is 0 Å². The van der Waals surface area contributed by atoms with Crippen LogP contribution in [0.5, 0.6) is 0 Å². The molecule has 1 aliphatic heterocycles. The van der Waals surface area contributed by atoms with E-state index < -0.39 is 5.97 Å². The number of ether oxygens (including phenoxy) is 1. The van der Waals surface area contributed by atoms with Gasteiger partial charge in [-0.25, -0.2) is 9.18 Å². The van der Waals surface area contributed by atoms with Gasteiger partial charge in [0, 0.05) is 6.54 Å². The molecule has 2 aromatic carbocycles. The van der Waals surface area contributed by atoms with Gasteiger partial charge in [0.2, 0.25) is 5.91 Å². The van der Waals surface area contributed by atoms with Gasteiger partial charge in [-0.05, 0) is 36.2 Å². The SMILES string of the molecule is CC1CN(C(=O)Cc2ccccc2C(=O)O)CC(c2ccc(F)cc2)O1. The molecule has 0 saturated carbocycles. The third kappa shape index (κ3) is 4.08. The van der Waals surface area contributed by atoms with E-state index in [4.69, 9.17) is 4.74 Å². The van der Waals surface area contributed by atoms with Crippen molar-refractivity contribution < 1.29 is 23.8 Å². The van der Waals surface area contributed by atoms with Crippen molar-refractivity contribution in [2.45, 2.75) is 25.6 Å². The molecule has 26 heavy (non-hydrogen) atoms. The van der Waals surface area contributed by atoms with Crippen LogP contribution in [-0.2, 0) is 16.0 Å². The lowest BCUT2D eigenvalue weighted by atomic mass is 10.0. The molecule has 2 unspecified atom stereocenters. The van der Waals surface area contributed by atoms with Gasteiger partial charge in [-0.1, -0.05) is 30.3 Å². The Hall–Kier alpha value is -2.73. The monoisotopic (exact) mass is 357 g/mol. The Morgan fingerprint density at radius 1 is 1.15 bits per heavy atom. The lowest BCUT2D eigenvalue weighted by Gasteiger charge is -2.37. The fourth-order valence-corrected chi connectivity index (χ4v) is 3.17. The predicted octanol–water partition coefficient (Wildman–Crippen LogP) is 3.06. The van der Waals surface area contributed by atoms with Gasteiger partial charge in [-0.3, -0.25) is 4.79 Å². The number of hydrogen-bond donors (Lipinski definition) is 1. The molecule has 0 aromatic heterocycles. The lowest BCUT2D eigenvalue weighted by Crippen LogP contribution is -2.46. The largest absolute Gasteiger partial charge is 0.478 e. The van der Waals surface area contributed by atoms with Crippen molar-refractivity contribution in [1.82, 2.24) is 4.90 Å². The Labute approximate surface area is 151 Å². The average molecular weight is 357 g/mol. The Morgan fingerprint density at radius 2 is 1.85 bits per heavy atom. The van der Waals surface area contributed by atoms with E-state index in [1.54, 1.807) is 35.2 Å². The van der Waals surface area contributed by atoms with Gasteiger partial charge < -0.3 is 14.7 Å². The summed E-state index contributed by atoms with van der Waals surface area (Å²) in [6.07, 6.45) is -0.485. The minimum atomic E-state index is -1.05. The van der Waals surface area contributed by atoms with E-state index in [-0.39, 0.29) is 35.9 Å². The average Bonchev–Trinajstić information content (AvgIpc) is 2.62. The van der Waals surface area contributed by atoms with Gasteiger partial charge in [0.15, 0.2) is 0 Å². The van der Waals surface area contributed by atoms with Crippen LogP contribution in [0.4, 0.5) is 4.39 Å². The van der Waals surface area contributed by atoms with Crippen molar-refractivity contribution in [3.05, 3.63) is 71.0 Å². The van der Waals surface area contributed by atoms with Crippen LogP contribution in [0.1, 0.15) is 34.5 Å². The molecule has 0 bridgehead atoms. The first-order valence-electron chi connectivity index (χ1n) is 8.44. The number of morpholine rings is 1. The number of carboxylic acid groups (broad SMARTS) is 1. The molecule has 0 radical (unpaired) electrons. The number of carbonyl (C=O) groups is 2. The van der Waals surface area contributed by atoms with E-state index in [1.807, 2.05) is 6.92 Å². The maximum absolute atomic E-state index is 13.1. The molecule has 1 heterocycles. The molecule has 1 fully saturated rings. The third-order valence-corrected chi connectivity index (χ3v) is 4.44. The summed E-state index contributed by atoms with van der Waals surface area (Å²) in [5.74, 6) is -1.52. The van der Waals surface area contributed by atoms with Gasteiger partial charge in [0.05, 0.1) is 24.6 Å². The zero-order chi connectivity index (χ0) is 18.7. The number of carbonyl (C=O) groups excluding carboxylic acids is 1. The van der Waals surface area contributed by atoms with Crippen LogP contribution in [0.3, 0.4) is 0 Å². The highest BCUT2D eigenvalue weighted by molar-refractivity contribution is 5.91. The summed E-state index contributed by atoms with van der Waals surface area (Å²) in [5.41, 5.74) is 1.43. The van der Waals surface area contributed by atoms with Crippen LogP contribution in [-0.4, -0.2) is 41.1 Å². The van der Waals surface area contributed by atoms with Crippen LogP contribution in [0.15, 0.2) is 48.5 Å². The van der Waals surface area contributed by atoms with E-state index in [2.05, 4.69) is 0 Å². The summed E-state index contributed by atoms with van der Waals surface area (Å²) in [6.45, 7) is 2.66. The van der Waals surface area contributed by atoms with E-state index >= 15 is 0 Å². The van der Waals surface area contributed by atoms with Crippen molar-refractivity contribution in [2.24, 2.45) is 0 Å². The molecule has 3 rings (SSSR count). The minimum Gasteiger partial charge on any atom is -0.478 e. The van der Waals surface area contributed by atoms with Crippen LogP contribution in [0, 0.1) is 5.82 Å². The van der Waals surface area contributed by atoms with Crippen LogP contribution >= 0.6 is 0 Å². The molecule has 1 N–H and O–H groups in total. The van der Waals surface area contributed by atoms with E-state index in [0.717, 1.165) is 5.56 Å². The molecule has 5 nitrogen and oxygen atoms in total. The molecule has 136 valence electrons. The highest BCUT2D eigenvalue weighted by atomic mass is 19.1. The first-order valence-corrected chi connectivity index (χ1v) is 8.44. The van der Waals surface area contributed by atoms with Crippen molar-refractivity contribution in [3.63, 3.8) is 0 Å². The maximum atomic E-state index is 13.1. The zero-order valence-corrected chi connectivity index (χ0v) is 14.4. The second kappa shape index (κ2) is 7.66. The summed E-state index contributed by atoms with van der Waals surface area (Å²) in [5, 5.41) is 9.27. The normalized spacial score (nSPS) is 20.0. The van der Waals surface area contributed by atoms with Crippen molar-refractivity contribution in [1.29, 1.82) is 0 Å². The number of hydrogen-bond acceptors (Lipinski definition) is 3. The van der Waals surface area contributed by atoms with Gasteiger partial charge >= 0.3 is 5.97 Å². The van der Waals surface area contributed by atoms with E-state index in [9.17, 15) is 19.1 Å². The molecular formula is C20H20FNO4. The number of halogens is 1. The number of benzene rings is 2. The highest BCUT2D eigenvalue weighted by Gasteiger charge is 2.29. The van der Waals surface area contributed by atoms with Crippen molar-refractivity contribution >= 4 is 11.9 Å². The predicted molar refractivity (Wildman–Crippen MR) is 93.4 cm³/mol. The van der Waals surface area contributed by atoms with Gasteiger partial charge in [0.1, 0.15) is 11.9 Å². The number of amides is 1. The first kappa shape index (κ1) is 18.1. The molecule has 1 amide bonds.